The van der Waals surface area contributed by atoms with Crippen LogP contribution in [0, 0.1) is 0 Å². The van der Waals surface area contributed by atoms with Crippen molar-refractivity contribution < 1.29 is 28.6 Å². The maximum absolute atomic E-state index is 11.3. The van der Waals surface area contributed by atoms with Gasteiger partial charge in [-0.25, -0.2) is 14.4 Å². The van der Waals surface area contributed by atoms with Gasteiger partial charge in [-0.1, -0.05) is 0 Å². The number of esters is 3. The van der Waals surface area contributed by atoms with Gasteiger partial charge in [-0.2, -0.15) is 0 Å². The molecule has 0 radical (unpaired) electrons. The van der Waals surface area contributed by atoms with Crippen molar-refractivity contribution in [1.29, 1.82) is 0 Å². The van der Waals surface area contributed by atoms with Gasteiger partial charge in [0.1, 0.15) is 0 Å². The molecule has 0 aromatic rings. The molecule has 0 aromatic carbocycles. The van der Waals surface area contributed by atoms with E-state index in [1.807, 2.05) is 0 Å². The van der Waals surface area contributed by atoms with Crippen LogP contribution in [0.3, 0.4) is 0 Å². The summed E-state index contributed by atoms with van der Waals surface area (Å²) in [6, 6.07) is 0. The van der Waals surface area contributed by atoms with Gasteiger partial charge in [0.15, 0.2) is 5.57 Å². The van der Waals surface area contributed by atoms with E-state index in [4.69, 9.17) is 0 Å². The monoisotopic (exact) mass is 230 g/mol. The molecule has 0 amide bonds. The lowest BCUT2D eigenvalue weighted by molar-refractivity contribution is -0.146. The van der Waals surface area contributed by atoms with Crippen molar-refractivity contribution >= 4 is 17.9 Å². The predicted octanol–water partition coefficient (Wildman–Crippen LogP) is 0.212. The second kappa shape index (κ2) is 6.60. The first-order valence-corrected chi connectivity index (χ1v) is 4.54. The van der Waals surface area contributed by atoms with Gasteiger partial charge >= 0.3 is 17.9 Å². The SMILES string of the molecule is CCOC(=O)C(C)=C(C(=O)OC)C(=O)OC. The summed E-state index contributed by atoms with van der Waals surface area (Å²) in [5, 5.41) is 0. The van der Waals surface area contributed by atoms with Crippen LogP contribution in [-0.4, -0.2) is 38.7 Å². The highest BCUT2D eigenvalue weighted by Crippen LogP contribution is 2.10. The highest BCUT2D eigenvalue weighted by Gasteiger charge is 2.26. The van der Waals surface area contributed by atoms with Crippen LogP contribution in [0.2, 0.25) is 0 Å². The van der Waals surface area contributed by atoms with E-state index in [1.165, 1.54) is 6.92 Å². The van der Waals surface area contributed by atoms with E-state index in [1.54, 1.807) is 6.92 Å². The van der Waals surface area contributed by atoms with Crippen LogP contribution < -0.4 is 0 Å². The Labute approximate surface area is 93.2 Å². The molecule has 0 aliphatic rings. The first-order valence-electron chi connectivity index (χ1n) is 4.54. The number of hydrogen-bond donors (Lipinski definition) is 0. The van der Waals surface area contributed by atoms with Crippen molar-refractivity contribution in [1.82, 2.24) is 0 Å². The van der Waals surface area contributed by atoms with Crippen LogP contribution in [0.15, 0.2) is 11.1 Å². The smallest absolute Gasteiger partial charge is 0.345 e. The molecule has 0 N–H and O–H groups in total. The molecule has 6 nitrogen and oxygen atoms in total. The number of carbonyl (C=O) groups is 3. The fourth-order valence-corrected chi connectivity index (χ4v) is 0.935. The van der Waals surface area contributed by atoms with Crippen LogP contribution in [-0.2, 0) is 28.6 Å². The molecule has 0 heterocycles. The van der Waals surface area contributed by atoms with Gasteiger partial charge in [0.05, 0.1) is 26.4 Å². The van der Waals surface area contributed by atoms with E-state index in [0.717, 1.165) is 14.2 Å². The zero-order valence-electron chi connectivity index (χ0n) is 9.66. The molecule has 0 unspecified atom stereocenters. The molecule has 0 saturated carbocycles. The first kappa shape index (κ1) is 14.2. The second-order valence-electron chi connectivity index (χ2n) is 2.70. The quantitative estimate of drug-likeness (QED) is 0.226. The van der Waals surface area contributed by atoms with Gasteiger partial charge in [-0.3, -0.25) is 0 Å². The Bertz CT molecular complexity index is 310. The minimum Gasteiger partial charge on any atom is -0.465 e. The number of hydrogen-bond acceptors (Lipinski definition) is 6. The third kappa shape index (κ3) is 3.38. The van der Waals surface area contributed by atoms with Crippen molar-refractivity contribution in [3.05, 3.63) is 11.1 Å². The van der Waals surface area contributed by atoms with Crippen LogP contribution >= 0.6 is 0 Å². The number of ether oxygens (including phenoxy) is 3. The molecule has 0 bridgehead atoms. The summed E-state index contributed by atoms with van der Waals surface area (Å²) in [6.07, 6.45) is 0. The van der Waals surface area contributed by atoms with Crippen LogP contribution in [0.5, 0.6) is 0 Å². The van der Waals surface area contributed by atoms with Crippen molar-refractivity contribution in [2.75, 3.05) is 20.8 Å². The standard InChI is InChI=1S/C10H14O6/c1-5-16-8(11)6(2)7(9(12)14-3)10(13)15-4/h5H2,1-4H3. The van der Waals surface area contributed by atoms with Crippen molar-refractivity contribution in [2.24, 2.45) is 0 Å². The van der Waals surface area contributed by atoms with E-state index < -0.39 is 23.5 Å². The first-order chi connectivity index (χ1) is 7.49. The summed E-state index contributed by atoms with van der Waals surface area (Å²) in [5.74, 6) is -2.62. The fourth-order valence-electron chi connectivity index (χ4n) is 0.935. The summed E-state index contributed by atoms with van der Waals surface area (Å²) in [5.41, 5.74) is -0.594. The predicted molar refractivity (Wildman–Crippen MR) is 53.4 cm³/mol. The molecule has 90 valence electrons. The maximum Gasteiger partial charge on any atom is 0.345 e. The minimum atomic E-state index is -0.933. The molecular formula is C10H14O6. The molecule has 0 saturated heterocycles. The summed E-state index contributed by atoms with van der Waals surface area (Å²) >= 11 is 0. The summed E-state index contributed by atoms with van der Waals surface area (Å²) in [6.45, 7) is 3.05. The highest BCUT2D eigenvalue weighted by molar-refractivity contribution is 6.18. The molecule has 0 rings (SSSR count). The van der Waals surface area contributed by atoms with Crippen molar-refractivity contribution in [3.8, 4) is 0 Å². The number of rotatable bonds is 4. The van der Waals surface area contributed by atoms with Crippen molar-refractivity contribution in [2.45, 2.75) is 13.8 Å². The molecule has 0 aliphatic heterocycles. The Hall–Kier alpha value is -1.85. The van der Waals surface area contributed by atoms with Gasteiger partial charge in [0.25, 0.3) is 0 Å². The summed E-state index contributed by atoms with van der Waals surface area (Å²) in [4.78, 5) is 33.9. The van der Waals surface area contributed by atoms with Crippen LogP contribution in [0.1, 0.15) is 13.8 Å². The van der Waals surface area contributed by atoms with E-state index in [9.17, 15) is 14.4 Å². The Morgan fingerprint density at radius 2 is 1.38 bits per heavy atom. The lowest BCUT2D eigenvalue weighted by Gasteiger charge is -2.07. The van der Waals surface area contributed by atoms with Crippen LogP contribution in [0.4, 0.5) is 0 Å². The van der Waals surface area contributed by atoms with Crippen molar-refractivity contribution in [3.63, 3.8) is 0 Å². The minimum absolute atomic E-state index is 0.138. The molecule has 0 aliphatic carbocycles. The Morgan fingerprint density at radius 1 is 0.938 bits per heavy atom. The Kier molecular flexibility index (Phi) is 5.84. The molecule has 6 heteroatoms. The van der Waals surface area contributed by atoms with Gasteiger partial charge in [-0.15, -0.1) is 0 Å². The normalized spacial score (nSPS) is 9.00. The molecule has 0 spiro atoms. The number of carbonyl (C=O) groups excluding carboxylic acids is 3. The zero-order chi connectivity index (χ0) is 12.7. The third-order valence-corrected chi connectivity index (χ3v) is 1.74. The summed E-state index contributed by atoms with van der Waals surface area (Å²) < 4.78 is 13.4. The Balaban J connectivity index is 5.28. The van der Waals surface area contributed by atoms with Gasteiger partial charge in [0.2, 0.25) is 0 Å². The van der Waals surface area contributed by atoms with Crippen LogP contribution in [0.25, 0.3) is 0 Å². The average molecular weight is 230 g/mol. The summed E-state index contributed by atoms with van der Waals surface area (Å²) in [7, 11) is 2.20. The van der Waals surface area contributed by atoms with Gasteiger partial charge in [-0.05, 0) is 13.8 Å². The molecule has 0 aromatic heterocycles. The maximum atomic E-state index is 11.3. The Morgan fingerprint density at radius 3 is 1.69 bits per heavy atom. The highest BCUT2D eigenvalue weighted by atomic mass is 16.5. The number of methoxy groups -OCH3 is 2. The average Bonchev–Trinajstić information content (AvgIpc) is 2.28. The van der Waals surface area contributed by atoms with E-state index in [0.29, 0.717) is 0 Å². The topological polar surface area (TPSA) is 78.9 Å². The van der Waals surface area contributed by atoms with E-state index >= 15 is 0 Å². The van der Waals surface area contributed by atoms with E-state index in [2.05, 4.69) is 14.2 Å². The third-order valence-electron chi connectivity index (χ3n) is 1.74. The van der Waals surface area contributed by atoms with E-state index in [-0.39, 0.29) is 12.2 Å². The lowest BCUT2D eigenvalue weighted by atomic mass is 10.1. The largest absolute Gasteiger partial charge is 0.465 e. The molecule has 0 atom stereocenters. The van der Waals surface area contributed by atoms with Gasteiger partial charge in [0, 0.05) is 0 Å². The molecular weight excluding hydrogens is 216 g/mol. The lowest BCUT2D eigenvalue weighted by Crippen LogP contribution is -2.21. The molecule has 16 heavy (non-hydrogen) atoms. The molecule has 0 fully saturated rings. The second-order valence-corrected chi connectivity index (χ2v) is 2.70. The van der Waals surface area contributed by atoms with Gasteiger partial charge < -0.3 is 14.2 Å². The fraction of sp³-hybridized carbons (Fsp3) is 0.500. The zero-order valence-corrected chi connectivity index (χ0v) is 9.66.